The van der Waals surface area contributed by atoms with Crippen LogP contribution in [0.2, 0.25) is 5.02 Å². The summed E-state index contributed by atoms with van der Waals surface area (Å²) < 4.78 is 11.8. The summed E-state index contributed by atoms with van der Waals surface area (Å²) in [5, 5.41) is 19.7. The Morgan fingerprint density at radius 2 is 1.83 bits per heavy atom. The highest BCUT2D eigenvalue weighted by molar-refractivity contribution is 7.99. The standard InChI is InChI=1S/C19H23ClN6OS3/c1-3-25-7-9-26(10-8-25)29-19-16(27)14(11-28-19)22-18-17(23-30-24-18)21-13-6-4-5-12(2)15(13)20/h4-6,11,27H,3,7-10H2,1-2H3,(H,21,23)(H,22,24). The van der Waals surface area contributed by atoms with Crippen LogP contribution in [0.1, 0.15) is 12.5 Å². The van der Waals surface area contributed by atoms with E-state index in [1.54, 1.807) is 11.9 Å². The van der Waals surface area contributed by atoms with E-state index in [2.05, 4.69) is 35.5 Å². The summed E-state index contributed by atoms with van der Waals surface area (Å²) >= 11 is 10.6. The number of thiophene rings is 1. The first kappa shape index (κ1) is 21.7. The number of aromatic nitrogens is 2. The zero-order valence-corrected chi connectivity index (χ0v) is 19.9. The van der Waals surface area contributed by atoms with Crippen molar-refractivity contribution in [2.45, 2.75) is 18.1 Å². The lowest BCUT2D eigenvalue weighted by Gasteiger charge is -2.32. The van der Waals surface area contributed by atoms with E-state index in [1.807, 2.05) is 30.5 Å². The van der Waals surface area contributed by atoms with Crippen molar-refractivity contribution in [1.82, 2.24) is 18.0 Å². The zero-order chi connectivity index (χ0) is 21.1. The third-order valence-corrected chi connectivity index (χ3v) is 8.20. The van der Waals surface area contributed by atoms with E-state index >= 15 is 0 Å². The second-order valence-electron chi connectivity index (χ2n) is 6.89. The quantitative estimate of drug-likeness (QED) is 0.386. The van der Waals surface area contributed by atoms with Crippen molar-refractivity contribution in [3.8, 4) is 5.75 Å². The van der Waals surface area contributed by atoms with Crippen molar-refractivity contribution in [3.63, 3.8) is 0 Å². The van der Waals surface area contributed by atoms with E-state index < -0.39 is 0 Å². The van der Waals surface area contributed by atoms with Crippen molar-refractivity contribution in [1.29, 1.82) is 0 Å². The number of benzene rings is 1. The molecule has 0 unspecified atom stereocenters. The van der Waals surface area contributed by atoms with Gasteiger partial charge in [0, 0.05) is 31.6 Å². The SMILES string of the molecule is CCN1CCN(Sc2scc(Nc3nsnc3Nc3cccc(C)c3Cl)c2O)CC1. The number of rotatable bonds is 7. The van der Waals surface area contributed by atoms with Gasteiger partial charge in [0.1, 0.15) is 4.21 Å². The molecule has 0 aliphatic carbocycles. The number of hydrogen-bond acceptors (Lipinski definition) is 10. The van der Waals surface area contributed by atoms with Crippen LogP contribution in [-0.2, 0) is 0 Å². The van der Waals surface area contributed by atoms with Gasteiger partial charge < -0.3 is 20.6 Å². The Labute approximate surface area is 193 Å². The molecule has 1 aromatic carbocycles. The molecule has 0 bridgehead atoms. The predicted octanol–water partition coefficient (Wildman–Crippen LogP) is 5.40. The van der Waals surface area contributed by atoms with Crippen molar-refractivity contribution in [2.75, 3.05) is 43.4 Å². The van der Waals surface area contributed by atoms with Crippen molar-refractivity contribution >= 4 is 69.6 Å². The molecule has 0 saturated carbocycles. The molecule has 3 N–H and O–H groups in total. The van der Waals surface area contributed by atoms with Gasteiger partial charge in [-0.15, -0.1) is 11.3 Å². The monoisotopic (exact) mass is 482 g/mol. The number of likely N-dealkylation sites (N-methyl/N-ethyl adjacent to an activating group) is 1. The van der Waals surface area contributed by atoms with Gasteiger partial charge in [0.05, 0.1) is 28.1 Å². The first-order valence-corrected chi connectivity index (χ1v) is 12.4. The maximum Gasteiger partial charge on any atom is 0.189 e. The highest BCUT2D eigenvalue weighted by Gasteiger charge is 2.21. The van der Waals surface area contributed by atoms with Gasteiger partial charge >= 0.3 is 0 Å². The number of halogens is 1. The van der Waals surface area contributed by atoms with E-state index in [9.17, 15) is 5.11 Å². The second-order valence-corrected chi connectivity index (χ2v) is 10.0. The average Bonchev–Trinajstić information content (AvgIpc) is 3.33. The third kappa shape index (κ3) is 4.84. The average molecular weight is 483 g/mol. The van der Waals surface area contributed by atoms with Crippen LogP contribution in [0.5, 0.6) is 5.75 Å². The molecule has 0 atom stereocenters. The summed E-state index contributed by atoms with van der Waals surface area (Å²) in [4.78, 5) is 2.43. The first-order chi connectivity index (χ1) is 14.5. The maximum absolute atomic E-state index is 10.7. The Kier molecular flexibility index (Phi) is 7.01. The van der Waals surface area contributed by atoms with Gasteiger partial charge in [0.2, 0.25) is 0 Å². The van der Waals surface area contributed by atoms with Gasteiger partial charge in [-0.2, -0.15) is 8.75 Å². The Balaban J connectivity index is 1.43. The minimum atomic E-state index is 0.246. The highest BCUT2D eigenvalue weighted by atomic mass is 35.5. The lowest BCUT2D eigenvalue weighted by Crippen LogP contribution is -2.42. The fraction of sp³-hybridized carbons (Fsp3) is 0.368. The molecule has 11 heteroatoms. The third-order valence-electron chi connectivity index (χ3n) is 4.91. The highest BCUT2D eigenvalue weighted by Crippen LogP contribution is 2.44. The molecule has 0 amide bonds. The van der Waals surface area contributed by atoms with Gasteiger partial charge in [-0.05, 0) is 37.0 Å². The molecule has 1 fully saturated rings. The number of piperazine rings is 1. The molecule has 7 nitrogen and oxygen atoms in total. The van der Waals surface area contributed by atoms with E-state index in [1.165, 1.54) is 11.3 Å². The lowest BCUT2D eigenvalue weighted by atomic mass is 10.2. The molecule has 3 aromatic rings. The molecule has 1 aliphatic rings. The fourth-order valence-electron chi connectivity index (χ4n) is 3.09. The zero-order valence-electron chi connectivity index (χ0n) is 16.7. The minimum absolute atomic E-state index is 0.246. The van der Waals surface area contributed by atoms with E-state index in [-0.39, 0.29) is 5.75 Å². The van der Waals surface area contributed by atoms with Crippen LogP contribution in [0.3, 0.4) is 0 Å². The molecule has 0 radical (unpaired) electrons. The first-order valence-electron chi connectivity index (χ1n) is 9.62. The van der Waals surface area contributed by atoms with Gasteiger partial charge in [0.25, 0.3) is 0 Å². The summed E-state index contributed by atoms with van der Waals surface area (Å²) in [6.45, 7) is 9.32. The molecule has 30 heavy (non-hydrogen) atoms. The second kappa shape index (κ2) is 9.71. The van der Waals surface area contributed by atoms with Crippen LogP contribution in [-0.4, -0.2) is 55.8 Å². The normalized spacial score (nSPS) is 15.4. The Hall–Kier alpha value is -1.56. The number of nitrogens with zero attached hydrogens (tertiary/aromatic N) is 4. The fourth-order valence-corrected chi connectivity index (χ4v) is 5.76. The Morgan fingerprint density at radius 3 is 2.53 bits per heavy atom. The molecule has 0 spiro atoms. The van der Waals surface area contributed by atoms with Crippen molar-refractivity contribution < 1.29 is 5.11 Å². The molecule has 1 aliphatic heterocycles. The number of aromatic hydroxyl groups is 1. The van der Waals surface area contributed by atoms with Crippen LogP contribution in [0.4, 0.5) is 23.0 Å². The van der Waals surface area contributed by atoms with Crippen molar-refractivity contribution in [2.24, 2.45) is 0 Å². The van der Waals surface area contributed by atoms with Crippen LogP contribution in [0.15, 0.2) is 27.8 Å². The molecule has 160 valence electrons. The minimum Gasteiger partial charge on any atom is -0.504 e. The Bertz CT molecular complexity index is 1000. The topological polar surface area (TPSA) is 76.5 Å². The molecule has 3 heterocycles. The van der Waals surface area contributed by atoms with Crippen LogP contribution in [0, 0.1) is 6.92 Å². The summed E-state index contributed by atoms with van der Waals surface area (Å²) in [6.07, 6.45) is 0. The smallest absolute Gasteiger partial charge is 0.189 e. The van der Waals surface area contributed by atoms with Crippen LogP contribution >= 0.6 is 46.6 Å². The van der Waals surface area contributed by atoms with E-state index in [4.69, 9.17) is 11.6 Å². The van der Waals surface area contributed by atoms with E-state index in [0.717, 1.165) is 59.9 Å². The number of hydrogen-bond donors (Lipinski definition) is 3. The number of anilines is 4. The largest absolute Gasteiger partial charge is 0.504 e. The summed E-state index contributed by atoms with van der Waals surface area (Å²) in [6, 6.07) is 5.79. The van der Waals surface area contributed by atoms with Gasteiger partial charge in [0.15, 0.2) is 17.4 Å². The molecular weight excluding hydrogens is 460 g/mol. The van der Waals surface area contributed by atoms with Gasteiger partial charge in [-0.3, -0.25) is 0 Å². The van der Waals surface area contributed by atoms with Gasteiger partial charge in [-0.1, -0.05) is 30.7 Å². The molecule has 2 aromatic heterocycles. The molecule has 4 rings (SSSR count). The Morgan fingerprint density at radius 1 is 1.13 bits per heavy atom. The van der Waals surface area contributed by atoms with Crippen LogP contribution in [0.25, 0.3) is 0 Å². The number of nitrogens with one attached hydrogen (secondary N) is 2. The van der Waals surface area contributed by atoms with Gasteiger partial charge in [-0.25, -0.2) is 4.31 Å². The number of aryl methyl sites for hydroxylation is 1. The summed E-state index contributed by atoms with van der Waals surface area (Å²) in [5.74, 6) is 1.37. The molecule has 1 saturated heterocycles. The molecular formula is C19H23ClN6OS3. The van der Waals surface area contributed by atoms with E-state index in [0.29, 0.717) is 22.3 Å². The lowest BCUT2D eigenvalue weighted by molar-refractivity contribution is 0.205. The maximum atomic E-state index is 10.7. The predicted molar refractivity (Wildman–Crippen MR) is 128 cm³/mol. The summed E-state index contributed by atoms with van der Waals surface area (Å²) in [7, 11) is 0. The van der Waals surface area contributed by atoms with Crippen molar-refractivity contribution in [3.05, 3.63) is 34.2 Å². The summed E-state index contributed by atoms with van der Waals surface area (Å²) in [5.41, 5.74) is 2.38. The van der Waals surface area contributed by atoms with Crippen LogP contribution < -0.4 is 10.6 Å².